The van der Waals surface area contributed by atoms with Crippen LogP contribution in [0.25, 0.3) is 11.0 Å². The molecule has 14 heavy (non-hydrogen) atoms. The minimum absolute atomic E-state index is 0. The van der Waals surface area contributed by atoms with Crippen LogP contribution in [0.4, 0.5) is 5.69 Å². The van der Waals surface area contributed by atoms with Gasteiger partial charge in [0.2, 0.25) is 0 Å². The summed E-state index contributed by atoms with van der Waals surface area (Å²) in [6, 6.07) is 5.85. The highest BCUT2D eigenvalue weighted by molar-refractivity contribution is 5.79. The van der Waals surface area contributed by atoms with E-state index >= 15 is 0 Å². The van der Waals surface area contributed by atoms with Gasteiger partial charge in [-0.05, 0) is 32.0 Å². The van der Waals surface area contributed by atoms with Crippen LogP contribution in [0.1, 0.15) is 12.7 Å². The molecule has 1 heterocycles. The number of nitrogen functional groups attached to an aromatic ring is 1. The van der Waals surface area contributed by atoms with E-state index in [-0.39, 0.29) is 12.4 Å². The molecule has 2 aromatic rings. The molecular weight excluding hydrogens is 198 g/mol. The third-order valence-electron chi connectivity index (χ3n) is 2.28. The molecule has 0 fully saturated rings. The summed E-state index contributed by atoms with van der Waals surface area (Å²) in [4.78, 5) is 4.43. The maximum absolute atomic E-state index is 5.68. The van der Waals surface area contributed by atoms with Gasteiger partial charge in [-0.1, -0.05) is 0 Å². The van der Waals surface area contributed by atoms with Crippen LogP contribution in [-0.4, -0.2) is 9.55 Å². The molecule has 0 amide bonds. The van der Waals surface area contributed by atoms with Crippen LogP contribution in [0, 0.1) is 6.92 Å². The average molecular weight is 211 g/mol. The predicted molar refractivity (Wildman–Crippen MR) is 54.6 cm³/mol. The average Bonchev–Trinajstić information content (AvgIpc) is 2.39. The Morgan fingerprint density at radius 2 is 2.14 bits per heavy atom. The summed E-state index contributed by atoms with van der Waals surface area (Å²) in [5, 5.41) is 0. The number of halogens is 1. The van der Waals surface area contributed by atoms with Gasteiger partial charge in [-0.3, -0.25) is 0 Å². The molecule has 0 aliphatic carbocycles. The Morgan fingerprint density at radius 3 is 2.79 bits per heavy atom. The number of aromatic nitrogens is 2. The lowest BCUT2D eigenvalue weighted by molar-refractivity contribution is -0.00000295. The Labute approximate surface area is 89.3 Å². The minimum atomic E-state index is 0. The molecule has 0 aliphatic heterocycles. The van der Waals surface area contributed by atoms with Crippen LogP contribution in [0.2, 0.25) is 0 Å². The van der Waals surface area contributed by atoms with E-state index in [0.717, 1.165) is 29.1 Å². The number of nitrogens with two attached hydrogens (primary N) is 1. The van der Waals surface area contributed by atoms with Gasteiger partial charge in [-0.15, -0.1) is 0 Å². The van der Waals surface area contributed by atoms with E-state index in [1.54, 1.807) is 0 Å². The molecule has 4 heteroatoms. The molecule has 2 rings (SSSR count). The van der Waals surface area contributed by atoms with Gasteiger partial charge in [-0.25, -0.2) is 4.98 Å². The zero-order valence-electron chi connectivity index (χ0n) is 8.29. The molecule has 0 spiro atoms. The third kappa shape index (κ3) is 1.55. The highest BCUT2D eigenvalue weighted by atomic mass is 35.5. The topological polar surface area (TPSA) is 43.8 Å². The fourth-order valence-electron chi connectivity index (χ4n) is 1.67. The number of imidazole rings is 1. The van der Waals surface area contributed by atoms with Crippen LogP contribution in [0.3, 0.4) is 0 Å². The first-order chi connectivity index (χ1) is 6.22. The first-order valence-electron chi connectivity index (χ1n) is 4.44. The Hall–Kier alpha value is -1.22. The molecular formula is C10H13ClN3-. The van der Waals surface area contributed by atoms with Crippen molar-refractivity contribution in [3.8, 4) is 0 Å². The van der Waals surface area contributed by atoms with Crippen molar-refractivity contribution < 1.29 is 12.4 Å². The van der Waals surface area contributed by atoms with Crippen molar-refractivity contribution in [3.05, 3.63) is 24.0 Å². The van der Waals surface area contributed by atoms with E-state index in [1.165, 1.54) is 0 Å². The molecule has 0 saturated heterocycles. The van der Waals surface area contributed by atoms with E-state index in [4.69, 9.17) is 5.73 Å². The number of hydrogen-bond acceptors (Lipinski definition) is 2. The molecule has 1 aromatic carbocycles. The van der Waals surface area contributed by atoms with Gasteiger partial charge in [0.05, 0.1) is 11.0 Å². The van der Waals surface area contributed by atoms with E-state index in [2.05, 4.69) is 16.5 Å². The van der Waals surface area contributed by atoms with Gasteiger partial charge in [0, 0.05) is 12.2 Å². The number of hydrogen-bond donors (Lipinski definition) is 1. The molecule has 76 valence electrons. The molecule has 0 unspecified atom stereocenters. The smallest absolute Gasteiger partial charge is 0.106 e. The highest BCUT2D eigenvalue weighted by Gasteiger charge is 2.04. The van der Waals surface area contributed by atoms with Crippen LogP contribution in [0.15, 0.2) is 18.2 Å². The van der Waals surface area contributed by atoms with E-state index in [9.17, 15) is 0 Å². The SMILES string of the molecule is CCn1c(C)nc2cc(N)ccc21.[Cl-]. The van der Waals surface area contributed by atoms with Crippen molar-refractivity contribution >= 4 is 16.7 Å². The quantitative estimate of drug-likeness (QED) is 0.611. The second-order valence-electron chi connectivity index (χ2n) is 3.15. The number of benzene rings is 1. The van der Waals surface area contributed by atoms with Gasteiger partial charge in [-0.2, -0.15) is 0 Å². The number of fused-ring (bicyclic) bond motifs is 1. The van der Waals surface area contributed by atoms with Crippen LogP contribution in [0.5, 0.6) is 0 Å². The summed E-state index contributed by atoms with van der Waals surface area (Å²) in [7, 11) is 0. The third-order valence-corrected chi connectivity index (χ3v) is 2.28. The van der Waals surface area contributed by atoms with Gasteiger partial charge in [0.1, 0.15) is 5.82 Å². The lowest BCUT2D eigenvalue weighted by Crippen LogP contribution is -3.00. The van der Waals surface area contributed by atoms with E-state index < -0.39 is 0 Å². The molecule has 0 radical (unpaired) electrons. The summed E-state index contributed by atoms with van der Waals surface area (Å²) in [5.74, 6) is 1.04. The number of rotatable bonds is 1. The maximum atomic E-state index is 5.68. The number of aryl methyl sites for hydroxylation is 2. The van der Waals surface area contributed by atoms with E-state index in [0.29, 0.717) is 0 Å². The second kappa shape index (κ2) is 3.88. The Bertz CT molecular complexity index is 448. The first kappa shape index (κ1) is 10.9. The Morgan fingerprint density at radius 1 is 1.43 bits per heavy atom. The van der Waals surface area contributed by atoms with Crippen molar-refractivity contribution in [2.24, 2.45) is 0 Å². The van der Waals surface area contributed by atoms with Gasteiger partial charge >= 0.3 is 0 Å². The second-order valence-corrected chi connectivity index (χ2v) is 3.15. The highest BCUT2D eigenvalue weighted by Crippen LogP contribution is 2.18. The summed E-state index contributed by atoms with van der Waals surface area (Å²) in [6.07, 6.45) is 0. The summed E-state index contributed by atoms with van der Waals surface area (Å²) in [5.41, 5.74) is 8.59. The van der Waals surface area contributed by atoms with Crippen molar-refractivity contribution in [2.75, 3.05) is 5.73 Å². The minimum Gasteiger partial charge on any atom is -1.00 e. The molecule has 2 N–H and O–H groups in total. The van der Waals surface area contributed by atoms with Gasteiger partial charge in [0.15, 0.2) is 0 Å². The van der Waals surface area contributed by atoms with Crippen molar-refractivity contribution in [1.29, 1.82) is 0 Å². The summed E-state index contributed by atoms with van der Waals surface area (Å²) >= 11 is 0. The molecule has 0 aliphatic rings. The fourth-order valence-corrected chi connectivity index (χ4v) is 1.67. The van der Waals surface area contributed by atoms with Crippen LogP contribution in [-0.2, 0) is 6.54 Å². The van der Waals surface area contributed by atoms with Crippen LogP contribution >= 0.6 is 0 Å². The zero-order valence-corrected chi connectivity index (χ0v) is 9.04. The monoisotopic (exact) mass is 210 g/mol. The van der Waals surface area contributed by atoms with Gasteiger partial charge < -0.3 is 22.7 Å². The Kier molecular flexibility index (Phi) is 3.01. The molecule has 1 aromatic heterocycles. The zero-order chi connectivity index (χ0) is 9.42. The van der Waals surface area contributed by atoms with Crippen molar-refractivity contribution in [2.45, 2.75) is 20.4 Å². The number of nitrogens with zero attached hydrogens (tertiary/aromatic N) is 2. The lowest BCUT2D eigenvalue weighted by atomic mass is 10.3. The molecule has 3 nitrogen and oxygen atoms in total. The fraction of sp³-hybridized carbons (Fsp3) is 0.300. The molecule has 0 saturated carbocycles. The normalized spacial score (nSPS) is 10.1. The molecule has 0 bridgehead atoms. The Balaban J connectivity index is 0.000000980. The largest absolute Gasteiger partial charge is 1.00 e. The standard InChI is InChI=1S/C10H13N3.ClH/c1-3-13-7(2)12-9-6-8(11)4-5-10(9)13;/h4-6H,3,11H2,1-2H3;1H/p-1. The first-order valence-corrected chi connectivity index (χ1v) is 4.44. The van der Waals surface area contributed by atoms with E-state index in [1.807, 2.05) is 25.1 Å². The summed E-state index contributed by atoms with van der Waals surface area (Å²) < 4.78 is 2.18. The summed E-state index contributed by atoms with van der Waals surface area (Å²) in [6.45, 7) is 5.08. The molecule has 0 atom stereocenters. The predicted octanol–water partition coefficient (Wildman–Crippen LogP) is -1.05. The van der Waals surface area contributed by atoms with Crippen LogP contribution < -0.4 is 18.1 Å². The lowest BCUT2D eigenvalue weighted by Gasteiger charge is -2.00. The van der Waals surface area contributed by atoms with Crippen molar-refractivity contribution in [3.63, 3.8) is 0 Å². The van der Waals surface area contributed by atoms with Gasteiger partial charge in [0.25, 0.3) is 0 Å². The maximum Gasteiger partial charge on any atom is 0.106 e. The number of anilines is 1. The van der Waals surface area contributed by atoms with Crippen molar-refractivity contribution in [1.82, 2.24) is 9.55 Å².